The van der Waals surface area contributed by atoms with Gasteiger partial charge in [-0.15, -0.1) is 11.3 Å². The molecule has 2 aromatic heterocycles. The number of fused-ring (bicyclic) bond motifs is 1. The molecule has 3 saturated heterocycles. The maximum absolute atomic E-state index is 15.1. The van der Waals surface area contributed by atoms with Crippen LogP contribution in [0, 0.1) is 0 Å². The van der Waals surface area contributed by atoms with Gasteiger partial charge in [-0.3, -0.25) is 9.69 Å². The number of carbonyl (C=O) groups excluding carboxylic acids is 1. The Bertz CT molecular complexity index is 1350. The third kappa shape index (κ3) is 4.97. The number of thioether (sulfide) groups is 1. The number of aromatic nitrogens is 2. The number of nitrogens with one attached hydrogen (secondary N) is 2. The molecule has 3 N–H and O–H groups in total. The lowest BCUT2D eigenvalue weighted by Crippen LogP contribution is -2.57. The molecule has 5 heterocycles. The zero-order valence-electron chi connectivity index (χ0n) is 19.7. The van der Waals surface area contributed by atoms with Crippen molar-refractivity contribution < 1.29 is 36.7 Å². The van der Waals surface area contributed by atoms with Crippen LogP contribution in [0.4, 0.5) is 23.2 Å². The van der Waals surface area contributed by atoms with Crippen molar-refractivity contribution in [2.24, 2.45) is 0 Å². The smallest absolute Gasteiger partial charge is 0.383 e. The minimum Gasteiger partial charge on any atom is -0.383 e. The molecule has 9 nitrogen and oxygen atoms in total. The molecular weight excluding hydrogens is 550 g/mol. The number of piperidine rings is 1. The minimum absolute atomic E-state index is 0.00689. The number of amides is 1. The Morgan fingerprint density at radius 3 is 2.76 bits per heavy atom. The molecule has 1 amide bonds. The molecule has 38 heavy (non-hydrogen) atoms. The van der Waals surface area contributed by atoms with Crippen molar-refractivity contribution in [3.63, 3.8) is 0 Å². The van der Waals surface area contributed by atoms with Crippen LogP contribution >= 0.6 is 23.1 Å². The number of hydrogen-bond donors (Lipinski definition) is 3. The maximum atomic E-state index is 15.1. The Morgan fingerprint density at radius 1 is 1.29 bits per heavy atom. The first-order chi connectivity index (χ1) is 18.2. The Balaban J connectivity index is 1.31. The number of aliphatic hydroxyl groups is 1. The average Bonchev–Trinajstić information content (AvgIpc) is 3.52. The Kier molecular flexibility index (Phi) is 6.74. The number of halogens is 4. The molecule has 0 spiro atoms. The lowest BCUT2D eigenvalue weighted by Gasteiger charge is -2.43. The van der Waals surface area contributed by atoms with Gasteiger partial charge in [0.05, 0.1) is 40.6 Å². The van der Waals surface area contributed by atoms with E-state index in [0.29, 0.717) is 42.0 Å². The van der Waals surface area contributed by atoms with Crippen LogP contribution in [-0.4, -0.2) is 82.2 Å². The molecule has 3 aromatic rings. The second-order valence-electron chi connectivity index (χ2n) is 9.50. The normalized spacial score (nSPS) is 27.0. The SMILES string of the molecule is O=C1N[C@@H](c2nc(-c3sc4c(N[C@@H]5CCN(C6COC6)C[C@@H]5F)cccc4c3SC(F)(F)F)no2)C[C@@H]1O. The van der Waals surface area contributed by atoms with Crippen molar-refractivity contribution >= 4 is 44.8 Å². The van der Waals surface area contributed by atoms with Gasteiger partial charge in [0.25, 0.3) is 0 Å². The molecule has 0 bridgehead atoms. The highest BCUT2D eigenvalue weighted by molar-refractivity contribution is 8.00. The van der Waals surface area contributed by atoms with E-state index in [-0.39, 0.29) is 52.3 Å². The largest absolute Gasteiger partial charge is 0.446 e. The molecule has 0 unspecified atom stereocenters. The van der Waals surface area contributed by atoms with Crippen LogP contribution in [0.15, 0.2) is 27.6 Å². The summed E-state index contributed by atoms with van der Waals surface area (Å²) in [6, 6.07) is 3.95. The summed E-state index contributed by atoms with van der Waals surface area (Å²) < 4.78 is 66.8. The molecule has 3 aliphatic heterocycles. The molecule has 3 aliphatic rings. The summed E-state index contributed by atoms with van der Waals surface area (Å²) in [4.78, 5) is 18.0. The summed E-state index contributed by atoms with van der Waals surface area (Å²) >= 11 is 0.782. The fourth-order valence-corrected chi connectivity index (χ4v) is 7.03. The molecular formula is C23H23F4N5O4S2. The quantitative estimate of drug-likeness (QED) is 0.300. The van der Waals surface area contributed by atoms with Crippen molar-refractivity contribution in [2.45, 2.75) is 53.6 Å². The maximum Gasteiger partial charge on any atom is 0.446 e. The van der Waals surface area contributed by atoms with Gasteiger partial charge in [0.15, 0.2) is 0 Å². The molecule has 3 fully saturated rings. The van der Waals surface area contributed by atoms with E-state index in [0.717, 1.165) is 11.3 Å². The number of benzene rings is 1. The highest BCUT2D eigenvalue weighted by Gasteiger charge is 2.38. The number of thiophene rings is 1. The zero-order valence-corrected chi connectivity index (χ0v) is 21.3. The molecule has 204 valence electrons. The predicted octanol–water partition coefficient (Wildman–Crippen LogP) is 3.71. The summed E-state index contributed by atoms with van der Waals surface area (Å²) in [5, 5.41) is 19.7. The molecule has 15 heteroatoms. The number of ether oxygens (including phenoxy) is 1. The molecule has 4 atom stereocenters. The van der Waals surface area contributed by atoms with Crippen molar-refractivity contribution in [2.75, 3.05) is 31.6 Å². The van der Waals surface area contributed by atoms with Crippen LogP contribution in [0.1, 0.15) is 24.8 Å². The van der Waals surface area contributed by atoms with Gasteiger partial charge in [-0.25, -0.2) is 4.39 Å². The van der Waals surface area contributed by atoms with Crippen LogP contribution in [-0.2, 0) is 9.53 Å². The van der Waals surface area contributed by atoms with E-state index in [1.165, 1.54) is 0 Å². The predicted molar refractivity (Wildman–Crippen MR) is 132 cm³/mol. The number of nitrogens with zero attached hydrogens (tertiary/aromatic N) is 3. The van der Waals surface area contributed by atoms with Crippen LogP contribution in [0.25, 0.3) is 20.8 Å². The summed E-state index contributed by atoms with van der Waals surface area (Å²) in [5.74, 6) is -0.653. The third-order valence-corrected chi connectivity index (χ3v) is 9.18. The van der Waals surface area contributed by atoms with E-state index in [1.54, 1.807) is 18.2 Å². The van der Waals surface area contributed by atoms with Crippen molar-refractivity contribution in [1.29, 1.82) is 0 Å². The highest BCUT2D eigenvalue weighted by Crippen LogP contribution is 2.51. The zero-order chi connectivity index (χ0) is 26.6. The second-order valence-corrected chi connectivity index (χ2v) is 11.6. The van der Waals surface area contributed by atoms with Crippen LogP contribution < -0.4 is 10.6 Å². The van der Waals surface area contributed by atoms with Gasteiger partial charge >= 0.3 is 5.51 Å². The third-order valence-electron chi connectivity index (χ3n) is 6.96. The van der Waals surface area contributed by atoms with Crippen molar-refractivity contribution in [3.8, 4) is 10.7 Å². The number of hydrogen-bond acceptors (Lipinski definition) is 10. The van der Waals surface area contributed by atoms with Gasteiger partial charge in [-0.05, 0) is 24.2 Å². The fourth-order valence-electron chi connectivity index (χ4n) is 4.92. The van der Waals surface area contributed by atoms with E-state index >= 15 is 4.39 Å². The topological polar surface area (TPSA) is 113 Å². The molecule has 1 aromatic carbocycles. The number of alkyl halides is 4. The summed E-state index contributed by atoms with van der Waals surface area (Å²) in [7, 11) is 0. The summed E-state index contributed by atoms with van der Waals surface area (Å²) in [6.07, 6.45) is -1.82. The first kappa shape index (κ1) is 25.8. The number of anilines is 1. The van der Waals surface area contributed by atoms with Crippen LogP contribution in [0.5, 0.6) is 0 Å². The van der Waals surface area contributed by atoms with E-state index in [9.17, 15) is 23.1 Å². The van der Waals surface area contributed by atoms with Gasteiger partial charge in [-0.2, -0.15) is 18.2 Å². The number of rotatable bonds is 6. The Hall–Kier alpha value is -2.46. The lowest BCUT2D eigenvalue weighted by atomic mass is 10.00. The highest BCUT2D eigenvalue weighted by atomic mass is 32.2. The van der Waals surface area contributed by atoms with E-state index in [4.69, 9.17) is 9.26 Å². The fraction of sp³-hybridized carbons (Fsp3) is 0.522. The average molecular weight is 574 g/mol. The van der Waals surface area contributed by atoms with Crippen molar-refractivity contribution in [1.82, 2.24) is 20.4 Å². The van der Waals surface area contributed by atoms with E-state index < -0.39 is 35.8 Å². The van der Waals surface area contributed by atoms with Gasteiger partial charge < -0.3 is 25.0 Å². The van der Waals surface area contributed by atoms with Gasteiger partial charge in [-0.1, -0.05) is 17.3 Å². The van der Waals surface area contributed by atoms with Gasteiger partial charge in [0.2, 0.25) is 17.6 Å². The monoisotopic (exact) mass is 573 g/mol. The summed E-state index contributed by atoms with van der Waals surface area (Å²) in [5.41, 5.74) is -4.05. The van der Waals surface area contributed by atoms with E-state index in [2.05, 4.69) is 25.7 Å². The van der Waals surface area contributed by atoms with Gasteiger partial charge in [0, 0.05) is 29.8 Å². The summed E-state index contributed by atoms with van der Waals surface area (Å²) in [6.45, 7) is 2.18. The van der Waals surface area contributed by atoms with Gasteiger partial charge in [0.1, 0.15) is 18.3 Å². The second kappa shape index (κ2) is 9.93. The lowest BCUT2D eigenvalue weighted by molar-refractivity contribution is -0.126. The number of carbonyl (C=O) groups is 1. The molecule has 6 rings (SSSR count). The molecule has 0 aliphatic carbocycles. The van der Waals surface area contributed by atoms with E-state index in [1.807, 2.05) is 0 Å². The molecule has 0 radical (unpaired) electrons. The first-order valence-electron chi connectivity index (χ1n) is 12.0. The number of aliphatic hydroxyl groups excluding tert-OH is 1. The molecule has 0 saturated carbocycles. The Morgan fingerprint density at radius 2 is 2.11 bits per heavy atom. The van der Waals surface area contributed by atoms with Crippen molar-refractivity contribution in [3.05, 3.63) is 24.1 Å². The van der Waals surface area contributed by atoms with Crippen LogP contribution in [0.2, 0.25) is 0 Å². The Labute approximate surface area is 221 Å². The number of likely N-dealkylation sites (tertiary alicyclic amines) is 1. The van der Waals surface area contributed by atoms with Crippen LogP contribution in [0.3, 0.4) is 0 Å². The minimum atomic E-state index is -4.58. The first-order valence-corrected chi connectivity index (χ1v) is 13.7. The standard InChI is InChI=1S/C23H23F4N5O4S2/c24-12-7-32(10-8-35-9-10)5-4-13(12)28-14-3-1-2-11-17(14)37-19(18(11)38-23(25,26)27)20-30-22(36-31-20)15-6-16(33)21(34)29-15/h1-3,10,12-13,15-16,28,33H,4-9H2,(H,29,34)/t12-,13+,15+,16-/m0/s1.